The number of benzene rings is 1. The molecule has 2 aromatic rings. The standard InChI is InChI=1S/C15H19BrN2S/c1-12(9-17-14-6-4-3-5-7-14)18(2)10-15-8-13(16)11-19-15/h3-8,11-12,17H,9-10H2,1-2H3. The number of thiophene rings is 1. The highest BCUT2D eigenvalue weighted by Crippen LogP contribution is 2.21. The molecule has 19 heavy (non-hydrogen) atoms. The Morgan fingerprint density at radius 1 is 1.32 bits per heavy atom. The van der Waals surface area contributed by atoms with Crippen LogP contribution in [-0.4, -0.2) is 24.5 Å². The minimum Gasteiger partial charge on any atom is -0.383 e. The molecule has 1 heterocycles. The van der Waals surface area contributed by atoms with E-state index in [9.17, 15) is 0 Å². The molecule has 1 aromatic heterocycles. The minimum atomic E-state index is 0.487. The molecule has 0 radical (unpaired) electrons. The molecule has 0 bridgehead atoms. The lowest BCUT2D eigenvalue weighted by molar-refractivity contribution is 0.261. The Morgan fingerprint density at radius 2 is 2.05 bits per heavy atom. The Labute approximate surface area is 127 Å². The molecule has 1 N–H and O–H groups in total. The van der Waals surface area contributed by atoms with Crippen molar-refractivity contribution in [1.29, 1.82) is 0 Å². The molecule has 0 aliphatic rings. The van der Waals surface area contributed by atoms with Crippen LogP contribution in [0.15, 0.2) is 46.3 Å². The van der Waals surface area contributed by atoms with Crippen molar-refractivity contribution in [2.24, 2.45) is 0 Å². The third kappa shape index (κ3) is 4.64. The molecular formula is C15H19BrN2S. The first kappa shape index (κ1) is 14.6. The van der Waals surface area contributed by atoms with Crippen molar-refractivity contribution < 1.29 is 0 Å². The second kappa shape index (κ2) is 7.08. The number of rotatable bonds is 6. The quantitative estimate of drug-likeness (QED) is 0.837. The van der Waals surface area contributed by atoms with E-state index in [4.69, 9.17) is 0 Å². The molecule has 1 unspecified atom stereocenters. The summed E-state index contributed by atoms with van der Waals surface area (Å²) in [6.07, 6.45) is 0. The van der Waals surface area contributed by atoms with E-state index in [1.165, 1.54) is 15.0 Å². The summed E-state index contributed by atoms with van der Waals surface area (Å²) in [5, 5.41) is 5.60. The molecule has 0 amide bonds. The normalized spacial score (nSPS) is 12.6. The van der Waals surface area contributed by atoms with Gasteiger partial charge in [-0.3, -0.25) is 4.90 Å². The van der Waals surface area contributed by atoms with Gasteiger partial charge in [-0.05, 0) is 48.1 Å². The molecule has 102 valence electrons. The van der Waals surface area contributed by atoms with Gasteiger partial charge in [-0.15, -0.1) is 11.3 Å². The van der Waals surface area contributed by atoms with Crippen LogP contribution in [0.5, 0.6) is 0 Å². The van der Waals surface area contributed by atoms with Crippen LogP contribution in [0.4, 0.5) is 5.69 Å². The lowest BCUT2D eigenvalue weighted by Gasteiger charge is -2.24. The van der Waals surface area contributed by atoms with Gasteiger partial charge in [-0.25, -0.2) is 0 Å². The fraction of sp³-hybridized carbons (Fsp3) is 0.333. The van der Waals surface area contributed by atoms with Gasteiger partial charge >= 0.3 is 0 Å². The molecule has 0 saturated carbocycles. The molecule has 2 nitrogen and oxygen atoms in total. The SMILES string of the molecule is CC(CNc1ccccc1)N(C)Cc1cc(Br)cs1. The molecule has 1 aromatic carbocycles. The maximum Gasteiger partial charge on any atom is 0.0340 e. The van der Waals surface area contributed by atoms with Crippen molar-refractivity contribution in [1.82, 2.24) is 4.90 Å². The highest BCUT2D eigenvalue weighted by molar-refractivity contribution is 9.10. The molecule has 1 atom stereocenters. The van der Waals surface area contributed by atoms with Crippen LogP contribution >= 0.6 is 27.3 Å². The van der Waals surface area contributed by atoms with E-state index < -0.39 is 0 Å². The first-order valence-corrected chi connectivity index (χ1v) is 8.04. The lowest BCUT2D eigenvalue weighted by atomic mass is 10.2. The number of nitrogens with one attached hydrogen (secondary N) is 1. The van der Waals surface area contributed by atoms with Crippen molar-refractivity contribution >= 4 is 33.0 Å². The lowest BCUT2D eigenvalue weighted by Crippen LogP contribution is -2.34. The summed E-state index contributed by atoms with van der Waals surface area (Å²) in [6.45, 7) is 4.19. The molecule has 0 aliphatic carbocycles. The van der Waals surface area contributed by atoms with E-state index in [2.05, 4.69) is 75.8 Å². The predicted octanol–water partition coefficient (Wildman–Crippen LogP) is 4.44. The number of hydrogen-bond donors (Lipinski definition) is 1. The van der Waals surface area contributed by atoms with Gasteiger partial charge in [0.05, 0.1) is 0 Å². The molecule has 0 saturated heterocycles. The smallest absolute Gasteiger partial charge is 0.0340 e. The van der Waals surface area contributed by atoms with Crippen LogP contribution in [-0.2, 0) is 6.54 Å². The van der Waals surface area contributed by atoms with E-state index in [0.29, 0.717) is 6.04 Å². The number of hydrogen-bond acceptors (Lipinski definition) is 3. The summed E-state index contributed by atoms with van der Waals surface area (Å²) >= 11 is 5.30. The van der Waals surface area contributed by atoms with Crippen LogP contribution in [0, 0.1) is 0 Å². The van der Waals surface area contributed by atoms with Crippen LogP contribution < -0.4 is 5.32 Å². The highest BCUT2D eigenvalue weighted by atomic mass is 79.9. The Balaban J connectivity index is 1.80. The van der Waals surface area contributed by atoms with Crippen molar-refractivity contribution in [2.45, 2.75) is 19.5 Å². The number of likely N-dealkylation sites (N-methyl/N-ethyl adjacent to an activating group) is 1. The van der Waals surface area contributed by atoms with Gasteiger partial charge in [0, 0.05) is 39.5 Å². The summed E-state index contributed by atoms with van der Waals surface area (Å²) in [6, 6.07) is 13.0. The molecule has 0 fully saturated rings. The Hall–Kier alpha value is -0.840. The largest absolute Gasteiger partial charge is 0.383 e. The van der Waals surface area contributed by atoms with E-state index in [1.807, 2.05) is 6.07 Å². The maximum atomic E-state index is 3.50. The number of halogens is 1. The van der Waals surface area contributed by atoms with Gasteiger partial charge in [0.25, 0.3) is 0 Å². The molecular weight excluding hydrogens is 320 g/mol. The van der Waals surface area contributed by atoms with E-state index in [1.54, 1.807) is 11.3 Å². The maximum absolute atomic E-state index is 3.50. The van der Waals surface area contributed by atoms with E-state index in [-0.39, 0.29) is 0 Å². The third-order valence-electron chi connectivity index (χ3n) is 3.15. The summed E-state index contributed by atoms with van der Waals surface area (Å²) in [5.74, 6) is 0. The third-order valence-corrected chi connectivity index (χ3v) is 4.84. The summed E-state index contributed by atoms with van der Waals surface area (Å²) in [4.78, 5) is 3.76. The van der Waals surface area contributed by atoms with Gasteiger partial charge in [0.15, 0.2) is 0 Å². The topological polar surface area (TPSA) is 15.3 Å². The monoisotopic (exact) mass is 338 g/mol. The van der Waals surface area contributed by atoms with E-state index >= 15 is 0 Å². The van der Waals surface area contributed by atoms with Gasteiger partial charge < -0.3 is 5.32 Å². The first-order valence-electron chi connectivity index (χ1n) is 6.37. The van der Waals surface area contributed by atoms with Crippen molar-refractivity contribution in [2.75, 3.05) is 18.9 Å². The Morgan fingerprint density at radius 3 is 2.68 bits per heavy atom. The first-order chi connectivity index (χ1) is 9.15. The number of para-hydroxylation sites is 1. The van der Waals surface area contributed by atoms with Gasteiger partial charge in [0.2, 0.25) is 0 Å². The average Bonchev–Trinajstić information content (AvgIpc) is 2.82. The van der Waals surface area contributed by atoms with Crippen LogP contribution in [0.1, 0.15) is 11.8 Å². The fourth-order valence-electron chi connectivity index (χ4n) is 1.82. The van der Waals surface area contributed by atoms with Crippen LogP contribution in [0.2, 0.25) is 0 Å². The predicted molar refractivity (Wildman–Crippen MR) is 87.9 cm³/mol. The average molecular weight is 339 g/mol. The van der Waals surface area contributed by atoms with Crippen molar-refractivity contribution in [3.63, 3.8) is 0 Å². The Kier molecular flexibility index (Phi) is 5.43. The second-order valence-electron chi connectivity index (χ2n) is 4.74. The van der Waals surface area contributed by atoms with Crippen LogP contribution in [0.3, 0.4) is 0 Å². The van der Waals surface area contributed by atoms with Crippen molar-refractivity contribution in [3.05, 3.63) is 51.1 Å². The fourth-order valence-corrected chi connectivity index (χ4v) is 3.33. The molecule has 4 heteroatoms. The van der Waals surface area contributed by atoms with Gasteiger partial charge in [-0.1, -0.05) is 18.2 Å². The number of anilines is 1. The zero-order valence-corrected chi connectivity index (χ0v) is 13.7. The van der Waals surface area contributed by atoms with Crippen LogP contribution in [0.25, 0.3) is 0 Å². The van der Waals surface area contributed by atoms with Gasteiger partial charge in [-0.2, -0.15) is 0 Å². The summed E-state index contributed by atoms with van der Waals surface area (Å²) in [7, 11) is 2.17. The van der Waals surface area contributed by atoms with E-state index in [0.717, 1.165) is 13.1 Å². The highest BCUT2D eigenvalue weighted by Gasteiger charge is 2.10. The Bertz CT molecular complexity index is 498. The zero-order chi connectivity index (χ0) is 13.7. The number of nitrogens with zero attached hydrogens (tertiary/aromatic N) is 1. The summed E-state index contributed by atoms with van der Waals surface area (Å²) in [5.41, 5.74) is 1.18. The molecule has 0 spiro atoms. The zero-order valence-electron chi connectivity index (χ0n) is 11.3. The minimum absolute atomic E-state index is 0.487. The molecule has 0 aliphatic heterocycles. The second-order valence-corrected chi connectivity index (χ2v) is 6.65. The van der Waals surface area contributed by atoms with Gasteiger partial charge in [0.1, 0.15) is 0 Å². The van der Waals surface area contributed by atoms with Crippen molar-refractivity contribution in [3.8, 4) is 0 Å². The summed E-state index contributed by atoms with van der Waals surface area (Å²) < 4.78 is 1.18. The molecule has 2 rings (SSSR count).